The van der Waals surface area contributed by atoms with Crippen molar-refractivity contribution in [1.82, 2.24) is 20.4 Å². The van der Waals surface area contributed by atoms with Crippen LogP contribution in [0, 0.1) is 13.8 Å². The second-order valence-electron chi connectivity index (χ2n) is 7.06. The molecule has 1 unspecified atom stereocenters. The van der Waals surface area contributed by atoms with Gasteiger partial charge in [-0.2, -0.15) is 5.10 Å². The number of aromatic nitrogens is 2. The third kappa shape index (κ3) is 6.37. The predicted molar refractivity (Wildman–Crippen MR) is 115 cm³/mol. The van der Waals surface area contributed by atoms with Gasteiger partial charge in [0.2, 0.25) is 0 Å². The Hall–Kier alpha value is -2.35. The van der Waals surface area contributed by atoms with Gasteiger partial charge in [-0.05, 0) is 46.2 Å². The highest BCUT2D eigenvalue weighted by Gasteiger charge is 2.13. The van der Waals surface area contributed by atoms with Crippen LogP contribution in [-0.4, -0.2) is 48.8 Å². The largest absolute Gasteiger partial charge is 0.357 e. The summed E-state index contributed by atoms with van der Waals surface area (Å²) >= 11 is 0. The van der Waals surface area contributed by atoms with Crippen molar-refractivity contribution >= 4 is 15.8 Å². The molecule has 2 aromatic rings. The molecule has 0 amide bonds. The summed E-state index contributed by atoms with van der Waals surface area (Å²) in [6.07, 6.45) is 1.79. The summed E-state index contributed by atoms with van der Waals surface area (Å²) in [4.78, 5) is 4.69. The van der Waals surface area contributed by atoms with Crippen molar-refractivity contribution in [3.8, 4) is 5.69 Å². The summed E-state index contributed by atoms with van der Waals surface area (Å²) in [6, 6.07) is 10.0. The zero-order chi connectivity index (χ0) is 20.7. The van der Waals surface area contributed by atoms with Crippen molar-refractivity contribution in [3.05, 3.63) is 47.3 Å². The third-order valence-corrected chi connectivity index (χ3v) is 5.46. The van der Waals surface area contributed by atoms with E-state index in [0.717, 1.165) is 29.2 Å². The first kappa shape index (κ1) is 21.9. The molecule has 0 saturated heterocycles. The summed E-state index contributed by atoms with van der Waals surface area (Å²) in [5.41, 5.74) is 4.13. The number of nitrogens with one attached hydrogen (secondary N) is 2. The molecule has 7 nitrogen and oxygen atoms in total. The van der Waals surface area contributed by atoms with Crippen LogP contribution in [0.5, 0.6) is 0 Å². The Balaban J connectivity index is 2.13. The molecule has 1 aromatic heterocycles. The maximum atomic E-state index is 11.4. The van der Waals surface area contributed by atoms with Gasteiger partial charge in [-0.25, -0.2) is 18.1 Å². The minimum absolute atomic E-state index is 0.00163. The van der Waals surface area contributed by atoms with Crippen LogP contribution in [0.1, 0.15) is 37.2 Å². The lowest BCUT2D eigenvalue weighted by Gasteiger charge is -2.17. The molecular formula is C20H31N5O2S. The van der Waals surface area contributed by atoms with Gasteiger partial charge in [0.25, 0.3) is 0 Å². The van der Waals surface area contributed by atoms with Gasteiger partial charge in [-0.3, -0.25) is 0 Å². The molecule has 0 bridgehead atoms. The molecular weight excluding hydrogens is 374 g/mol. The van der Waals surface area contributed by atoms with Gasteiger partial charge in [0.1, 0.15) is 9.84 Å². The number of para-hydroxylation sites is 1. The fraction of sp³-hybridized carbons (Fsp3) is 0.500. The van der Waals surface area contributed by atoms with Crippen LogP contribution in [0.2, 0.25) is 0 Å². The molecule has 0 saturated carbocycles. The van der Waals surface area contributed by atoms with Crippen LogP contribution in [0.15, 0.2) is 35.3 Å². The van der Waals surface area contributed by atoms with Gasteiger partial charge in [-0.15, -0.1) is 0 Å². The normalized spacial score (nSPS) is 13.4. The van der Waals surface area contributed by atoms with E-state index >= 15 is 0 Å². The van der Waals surface area contributed by atoms with Crippen LogP contribution in [0.4, 0.5) is 0 Å². The second-order valence-corrected chi connectivity index (χ2v) is 9.32. The molecule has 8 heteroatoms. The molecule has 0 aliphatic rings. The SMILES string of the molecule is CCNC(=NCc1c(C)nn(-c2ccccc2)c1C)NC(C)CCS(C)(=O)=O. The van der Waals surface area contributed by atoms with E-state index in [4.69, 9.17) is 0 Å². The summed E-state index contributed by atoms with van der Waals surface area (Å²) in [5.74, 6) is 0.831. The lowest BCUT2D eigenvalue weighted by molar-refractivity contribution is 0.581. The van der Waals surface area contributed by atoms with Crippen LogP contribution < -0.4 is 10.6 Å². The van der Waals surface area contributed by atoms with Gasteiger partial charge in [0.05, 0.1) is 23.7 Å². The average Bonchev–Trinajstić information content (AvgIpc) is 2.92. The first-order valence-electron chi connectivity index (χ1n) is 9.54. The number of aliphatic imine (C=N–C) groups is 1. The monoisotopic (exact) mass is 405 g/mol. The van der Waals surface area contributed by atoms with Crippen LogP contribution in [0.25, 0.3) is 5.69 Å². The zero-order valence-electron chi connectivity index (χ0n) is 17.4. The Bertz CT molecular complexity index is 904. The van der Waals surface area contributed by atoms with Crippen LogP contribution in [-0.2, 0) is 16.4 Å². The molecule has 1 aromatic carbocycles. The molecule has 154 valence electrons. The van der Waals surface area contributed by atoms with Crippen molar-refractivity contribution in [2.24, 2.45) is 4.99 Å². The van der Waals surface area contributed by atoms with Gasteiger partial charge in [0.15, 0.2) is 5.96 Å². The predicted octanol–water partition coefficient (Wildman–Crippen LogP) is 2.37. The zero-order valence-corrected chi connectivity index (χ0v) is 18.2. The standard InChI is InChI=1S/C20H31N5O2S/c1-6-21-20(23-15(2)12-13-28(5,26)27)22-14-19-16(3)24-25(17(19)4)18-10-8-7-9-11-18/h7-11,15H,6,12-14H2,1-5H3,(H2,21,22,23). The Morgan fingerprint density at radius 2 is 1.93 bits per heavy atom. The van der Waals surface area contributed by atoms with Crippen molar-refractivity contribution < 1.29 is 8.42 Å². The number of nitrogens with zero attached hydrogens (tertiary/aromatic N) is 3. The fourth-order valence-corrected chi connectivity index (χ4v) is 3.68. The highest BCUT2D eigenvalue weighted by molar-refractivity contribution is 7.90. The van der Waals surface area contributed by atoms with E-state index in [1.54, 1.807) is 0 Å². The van der Waals surface area contributed by atoms with Crippen LogP contribution >= 0.6 is 0 Å². The lowest BCUT2D eigenvalue weighted by atomic mass is 10.2. The quantitative estimate of drug-likeness (QED) is 0.520. The number of hydrogen-bond acceptors (Lipinski definition) is 4. The van der Waals surface area contributed by atoms with Gasteiger partial charge in [0, 0.05) is 30.1 Å². The molecule has 0 spiro atoms. The van der Waals surface area contributed by atoms with E-state index < -0.39 is 9.84 Å². The molecule has 0 radical (unpaired) electrons. The maximum absolute atomic E-state index is 11.4. The topological polar surface area (TPSA) is 88.4 Å². The first-order valence-corrected chi connectivity index (χ1v) is 11.6. The van der Waals surface area contributed by atoms with E-state index in [2.05, 4.69) is 20.7 Å². The van der Waals surface area contributed by atoms with Gasteiger partial charge in [-0.1, -0.05) is 18.2 Å². The van der Waals surface area contributed by atoms with Crippen molar-refractivity contribution in [3.63, 3.8) is 0 Å². The summed E-state index contributed by atoms with van der Waals surface area (Å²) in [5, 5.41) is 11.2. The highest BCUT2D eigenvalue weighted by Crippen LogP contribution is 2.18. The first-order chi connectivity index (χ1) is 13.2. The van der Waals surface area contributed by atoms with Crippen molar-refractivity contribution in [2.75, 3.05) is 18.6 Å². The molecule has 0 aliphatic carbocycles. The Labute approximate surface area is 168 Å². The molecule has 28 heavy (non-hydrogen) atoms. The number of benzene rings is 1. The van der Waals surface area contributed by atoms with Gasteiger partial charge >= 0.3 is 0 Å². The van der Waals surface area contributed by atoms with E-state index in [0.29, 0.717) is 18.9 Å². The molecule has 1 atom stereocenters. The summed E-state index contributed by atoms with van der Waals surface area (Å²) in [7, 11) is -2.97. The molecule has 0 aliphatic heterocycles. The van der Waals surface area contributed by atoms with Crippen molar-refractivity contribution in [1.29, 1.82) is 0 Å². The Kier molecular flexibility index (Phi) is 7.62. The number of rotatable bonds is 8. The van der Waals surface area contributed by atoms with Crippen LogP contribution in [0.3, 0.4) is 0 Å². The minimum Gasteiger partial charge on any atom is -0.357 e. The van der Waals surface area contributed by atoms with E-state index in [-0.39, 0.29) is 11.8 Å². The van der Waals surface area contributed by atoms with Crippen molar-refractivity contribution in [2.45, 2.75) is 46.7 Å². The fourth-order valence-electron chi connectivity index (χ4n) is 2.90. The number of sulfone groups is 1. The molecule has 2 N–H and O–H groups in total. The summed E-state index contributed by atoms with van der Waals surface area (Å²) < 4.78 is 24.7. The second kappa shape index (κ2) is 9.73. The maximum Gasteiger partial charge on any atom is 0.191 e. The van der Waals surface area contributed by atoms with Gasteiger partial charge < -0.3 is 10.6 Å². The van der Waals surface area contributed by atoms with E-state index in [9.17, 15) is 8.42 Å². The molecule has 2 rings (SSSR count). The molecule has 1 heterocycles. The lowest BCUT2D eigenvalue weighted by Crippen LogP contribution is -2.42. The van der Waals surface area contributed by atoms with E-state index in [1.807, 2.05) is 62.7 Å². The average molecular weight is 406 g/mol. The smallest absolute Gasteiger partial charge is 0.191 e. The Morgan fingerprint density at radius 1 is 1.25 bits per heavy atom. The number of aryl methyl sites for hydroxylation is 1. The highest BCUT2D eigenvalue weighted by atomic mass is 32.2. The Morgan fingerprint density at radius 3 is 2.54 bits per heavy atom. The minimum atomic E-state index is -2.97. The van der Waals surface area contributed by atoms with E-state index in [1.165, 1.54) is 6.26 Å². The third-order valence-electron chi connectivity index (χ3n) is 4.49. The summed E-state index contributed by atoms with van der Waals surface area (Å²) in [6.45, 7) is 9.23. The molecule has 0 fully saturated rings. The number of hydrogen-bond donors (Lipinski definition) is 2. The number of guanidine groups is 1.